The number of carbonyl (C=O) groups is 2. The summed E-state index contributed by atoms with van der Waals surface area (Å²) >= 11 is 0. The van der Waals surface area contributed by atoms with Gasteiger partial charge in [0.1, 0.15) is 0 Å². The molecule has 5 rings (SSSR count). The highest BCUT2D eigenvalue weighted by Crippen LogP contribution is 2.50. The molecule has 5 nitrogen and oxygen atoms in total. The van der Waals surface area contributed by atoms with Crippen LogP contribution in [0.4, 0.5) is 5.69 Å². The molecule has 0 aliphatic carbocycles. The van der Waals surface area contributed by atoms with E-state index in [1.807, 2.05) is 79.7 Å². The lowest BCUT2D eigenvalue weighted by molar-refractivity contribution is -0.121. The van der Waals surface area contributed by atoms with Gasteiger partial charge in [-0.2, -0.15) is 5.11 Å². The highest BCUT2D eigenvalue weighted by atomic mass is 16.2. The van der Waals surface area contributed by atoms with E-state index in [2.05, 4.69) is 10.2 Å². The second kappa shape index (κ2) is 6.34. The summed E-state index contributed by atoms with van der Waals surface area (Å²) in [6, 6.07) is 26.3. The van der Waals surface area contributed by atoms with Crippen molar-refractivity contribution in [2.45, 2.75) is 12.5 Å². The van der Waals surface area contributed by atoms with Crippen LogP contribution >= 0.6 is 0 Å². The third-order valence-electron chi connectivity index (χ3n) is 5.40. The first-order chi connectivity index (χ1) is 14.1. The van der Waals surface area contributed by atoms with Gasteiger partial charge in [-0.3, -0.25) is 9.59 Å². The van der Waals surface area contributed by atoms with E-state index in [4.69, 9.17) is 0 Å². The lowest BCUT2D eigenvalue weighted by atomic mass is 9.77. The molecule has 0 unspecified atom stereocenters. The minimum atomic E-state index is -1.13. The fraction of sp³-hybridized carbons (Fsp3) is 0.0833. The number of azo groups is 1. The average molecular weight is 379 g/mol. The van der Waals surface area contributed by atoms with E-state index in [0.717, 1.165) is 16.7 Å². The van der Waals surface area contributed by atoms with Crippen LogP contribution in [0.5, 0.6) is 0 Å². The van der Waals surface area contributed by atoms with Gasteiger partial charge < -0.3 is 0 Å². The fourth-order valence-corrected chi connectivity index (χ4v) is 3.97. The molecule has 0 radical (unpaired) electrons. The number of aryl methyl sites for hydroxylation is 1. The molecule has 0 N–H and O–H groups in total. The molecular weight excluding hydrogens is 362 g/mol. The molecule has 29 heavy (non-hydrogen) atoms. The van der Waals surface area contributed by atoms with E-state index in [0.29, 0.717) is 11.3 Å². The maximum atomic E-state index is 13.6. The summed E-state index contributed by atoms with van der Waals surface area (Å²) in [4.78, 5) is 27.9. The normalized spacial score (nSPS) is 17.2. The van der Waals surface area contributed by atoms with E-state index in [1.165, 1.54) is 4.90 Å². The van der Waals surface area contributed by atoms with Gasteiger partial charge in [-0.15, -0.1) is 5.11 Å². The molecule has 0 bridgehead atoms. The van der Waals surface area contributed by atoms with Gasteiger partial charge in [0, 0.05) is 0 Å². The van der Waals surface area contributed by atoms with Crippen molar-refractivity contribution in [3.05, 3.63) is 113 Å². The highest BCUT2D eigenvalue weighted by molar-refractivity contribution is 6.34. The van der Waals surface area contributed by atoms with Crippen molar-refractivity contribution in [2.75, 3.05) is 4.90 Å². The molecule has 0 saturated carbocycles. The Kier molecular flexibility index (Phi) is 3.77. The van der Waals surface area contributed by atoms with Crippen LogP contribution in [0.25, 0.3) is 0 Å². The van der Waals surface area contributed by atoms with Crippen LogP contribution in [0.15, 0.2) is 106 Å². The van der Waals surface area contributed by atoms with Crippen LogP contribution in [0.1, 0.15) is 16.7 Å². The van der Waals surface area contributed by atoms with Crippen LogP contribution in [-0.2, 0) is 15.1 Å². The van der Waals surface area contributed by atoms with E-state index in [-0.39, 0.29) is 11.6 Å². The van der Waals surface area contributed by atoms with Crippen molar-refractivity contribution in [1.29, 1.82) is 0 Å². The maximum absolute atomic E-state index is 13.6. The number of hydrogen-bond donors (Lipinski definition) is 0. The van der Waals surface area contributed by atoms with Gasteiger partial charge in [0.15, 0.2) is 11.2 Å². The summed E-state index contributed by atoms with van der Waals surface area (Å²) in [5, 5.41) is 8.74. The quantitative estimate of drug-likeness (QED) is 0.628. The third-order valence-corrected chi connectivity index (χ3v) is 5.40. The molecule has 0 saturated heterocycles. The molecule has 5 heteroatoms. The molecule has 0 fully saturated rings. The number of anilines is 1. The number of rotatable bonds is 3. The standard InChI is InChI=1S/C24H17N3O2/c1-16-12-14-19(15-13-16)27-22(28)20-21(23(27)29)25-26-24(20,17-8-4-2-5-9-17)18-10-6-3-7-11-18/h2-15H,1H3. The van der Waals surface area contributed by atoms with Crippen LogP contribution in [0.3, 0.4) is 0 Å². The van der Waals surface area contributed by atoms with E-state index in [1.54, 1.807) is 12.1 Å². The lowest BCUT2D eigenvalue weighted by Gasteiger charge is -2.29. The van der Waals surface area contributed by atoms with E-state index >= 15 is 0 Å². The van der Waals surface area contributed by atoms with Crippen LogP contribution in [0, 0.1) is 6.92 Å². The Labute approximate surface area is 168 Å². The summed E-state index contributed by atoms with van der Waals surface area (Å²) < 4.78 is 0. The first-order valence-corrected chi connectivity index (χ1v) is 9.37. The number of imide groups is 1. The zero-order valence-electron chi connectivity index (χ0n) is 15.7. The van der Waals surface area contributed by atoms with Crippen LogP contribution in [0.2, 0.25) is 0 Å². The van der Waals surface area contributed by atoms with Gasteiger partial charge in [-0.05, 0) is 30.2 Å². The van der Waals surface area contributed by atoms with E-state index < -0.39 is 11.4 Å². The third kappa shape index (κ3) is 2.41. The first-order valence-electron chi connectivity index (χ1n) is 9.37. The van der Waals surface area contributed by atoms with Crippen LogP contribution < -0.4 is 4.90 Å². The molecular formula is C24H17N3O2. The summed E-state index contributed by atoms with van der Waals surface area (Å²) in [5.41, 5.74) is 2.47. The second-order valence-corrected chi connectivity index (χ2v) is 7.15. The molecule has 2 aliphatic rings. The Morgan fingerprint density at radius 2 is 1.28 bits per heavy atom. The molecule has 140 valence electrons. The monoisotopic (exact) mass is 379 g/mol. The summed E-state index contributed by atoms with van der Waals surface area (Å²) in [7, 11) is 0. The number of nitrogens with zero attached hydrogens (tertiary/aromatic N) is 3. The highest BCUT2D eigenvalue weighted by Gasteiger charge is 2.55. The molecule has 0 spiro atoms. The minimum Gasteiger partial charge on any atom is -0.268 e. The van der Waals surface area contributed by atoms with Gasteiger partial charge in [0.25, 0.3) is 11.8 Å². The molecule has 0 aromatic heterocycles. The zero-order valence-corrected chi connectivity index (χ0v) is 15.7. The Bertz CT molecular complexity index is 1140. The van der Waals surface area contributed by atoms with Crippen molar-refractivity contribution in [3.63, 3.8) is 0 Å². The van der Waals surface area contributed by atoms with Gasteiger partial charge in [-0.25, -0.2) is 4.90 Å². The molecule has 3 aromatic carbocycles. The van der Waals surface area contributed by atoms with Gasteiger partial charge in [0.05, 0.1) is 11.3 Å². The zero-order chi connectivity index (χ0) is 20.0. The predicted molar refractivity (Wildman–Crippen MR) is 109 cm³/mol. The largest absolute Gasteiger partial charge is 0.286 e. The van der Waals surface area contributed by atoms with Crippen molar-refractivity contribution >= 4 is 17.5 Å². The Morgan fingerprint density at radius 3 is 1.83 bits per heavy atom. The van der Waals surface area contributed by atoms with Crippen molar-refractivity contribution in [2.24, 2.45) is 10.2 Å². The van der Waals surface area contributed by atoms with Gasteiger partial charge in [0.2, 0.25) is 0 Å². The summed E-state index contributed by atoms with van der Waals surface area (Å²) in [5.74, 6) is -0.821. The average Bonchev–Trinajstić information content (AvgIpc) is 3.28. The first kappa shape index (κ1) is 17.3. The van der Waals surface area contributed by atoms with Crippen molar-refractivity contribution < 1.29 is 9.59 Å². The molecule has 2 aliphatic heterocycles. The Hall–Kier alpha value is -3.86. The lowest BCUT2D eigenvalue weighted by Crippen LogP contribution is -2.37. The SMILES string of the molecule is Cc1ccc(N2C(=O)C3=C(C2=O)C(c2ccccc2)(c2ccccc2)N=N3)cc1. The molecule has 2 heterocycles. The summed E-state index contributed by atoms with van der Waals surface area (Å²) in [6.45, 7) is 1.96. The predicted octanol–water partition coefficient (Wildman–Crippen LogP) is 4.53. The Balaban J connectivity index is 1.71. The van der Waals surface area contributed by atoms with Crippen molar-refractivity contribution in [1.82, 2.24) is 0 Å². The van der Waals surface area contributed by atoms with E-state index in [9.17, 15) is 9.59 Å². The number of hydrogen-bond acceptors (Lipinski definition) is 4. The fourth-order valence-electron chi connectivity index (χ4n) is 3.97. The minimum absolute atomic E-state index is 0.114. The number of benzene rings is 3. The smallest absolute Gasteiger partial charge is 0.268 e. The summed E-state index contributed by atoms with van der Waals surface area (Å²) in [6.07, 6.45) is 0. The van der Waals surface area contributed by atoms with Gasteiger partial charge in [-0.1, -0.05) is 78.4 Å². The number of amides is 2. The Morgan fingerprint density at radius 1 is 0.724 bits per heavy atom. The molecule has 2 amide bonds. The second-order valence-electron chi connectivity index (χ2n) is 7.15. The van der Waals surface area contributed by atoms with Crippen molar-refractivity contribution in [3.8, 4) is 0 Å². The van der Waals surface area contributed by atoms with Gasteiger partial charge >= 0.3 is 0 Å². The van der Waals surface area contributed by atoms with Crippen LogP contribution in [-0.4, -0.2) is 11.8 Å². The number of carbonyl (C=O) groups excluding carboxylic acids is 2. The molecule has 3 aromatic rings. The maximum Gasteiger partial charge on any atom is 0.286 e. The molecule has 0 atom stereocenters. The topological polar surface area (TPSA) is 62.1 Å².